The molecule has 0 aliphatic carbocycles. The van der Waals surface area contributed by atoms with Crippen molar-refractivity contribution in [1.82, 2.24) is 4.98 Å². The summed E-state index contributed by atoms with van der Waals surface area (Å²) in [5.41, 5.74) is 2.48. The molecular weight excluding hydrogens is 182 g/mol. The van der Waals surface area contributed by atoms with E-state index in [1.165, 1.54) is 16.6 Å². The summed E-state index contributed by atoms with van der Waals surface area (Å²) in [6, 6.07) is 4.31. The van der Waals surface area contributed by atoms with Crippen LogP contribution in [0, 0.1) is 0 Å². The second-order valence-corrected chi connectivity index (χ2v) is 4.11. The van der Waals surface area contributed by atoms with Crippen LogP contribution in [-0.2, 0) is 17.8 Å². The first-order valence-electron chi connectivity index (χ1n) is 4.37. The van der Waals surface area contributed by atoms with Crippen molar-refractivity contribution in [2.45, 2.75) is 13.0 Å². The SMILES string of the molecule is c1cc2cc3c(nc2s1)CCOC3. The summed E-state index contributed by atoms with van der Waals surface area (Å²) in [6.07, 6.45) is 0.961. The van der Waals surface area contributed by atoms with Gasteiger partial charge in [0.2, 0.25) is 0 Å². The molecule has 0 saturated heterocycles. The normalized spacial score (nSPS) is 16.0. The van der Waals surface area contributed by atoms with Crippen LogP contribution in [0.25, 0.3) is 10.2 Å². The quantitative estimate of drug-likeness (QED) is 0.637. The number of rotatable bonds is 0. The van der Waals surface area contributed by atoms with Crippen LogP contribution >= 0.6 is 11.3 Å². The van der Waals surface area contributed by atoms with Gasteiger partial charge >= 0.3 is 0 Å². The van der Waals surface area contributed by atoms with Gasteiger partial charge in [-0.1, -0.05) is 0 Å². The van der Waals surface area contributed by atoms with Crippen molar-refractivity contribution < 1.29 is 4.74 Å². The second kappa shape index (κ2) is 2.79. The first-order valence-corrected chi connectivity index (χ1v) is 5.25. The number of ether oxygens (including phenoxy) is 1. The van der Waals surface area contributed by atoms with Gasteiger partial charge in [0.15, 0.2) is 0 Å². The Hall–Kier alpha value is -0.930. The third-order valence-electron chi connectivity index (χ3n) is 2.35. The fourth-order valence-electron chi connectivity index (χ4n) is 1.67. The van der Waals surface area contributed by atoms with Gasteiger partial charge in [-0.15, -0.1) is 11.3 Å². The molecular formula is C10H9NOS. The number of nitrogens with zero attached hydrogens (tertiary/aromatic N) is 1. The second-order valence-electron chi connectivity index (χ2n) is 3.21. The molecule has 13 heavy (non-hydrogen) atoms. The molecule has 1 aliphatic heterocycles. The lowest BCUT2D eigenvalue weighted by Gasteiger charge is -2.14. The van der Waals surface area contributed by atoms with E-state index >= 15 is 0 Å². The summed E-state index contributed by atoms with van der Waals surface area (Å²) in [4.78, 5) is 5.77. The summed E-state index contributed by atoms with van der Waals surface area (Å²) in [6.45, 7) is 1.55. The largest absolute Gasteiger partial charge is 0.376 e. The van der Waals surface area contributed by atoms with E-state index in [4.69, 9.17) is 4.74 Å². The maximum absolute atomic E-state index is 5.38. The van der Waals surface area contributed by atoms with Crippen LogP contribution in [0.3, 0.4) is 0 Å². The molecule has 0 radical (unpaired) electrons. The zero-order chi connectivity index (χ0) is 8.67. The van der Waals surface area contributed by atoms with Crippen molar-refractivity contribution in [2.24, 2.45) is 0 Å². The molecule has 2 nitrogen and oxygen atoms in total. The number of thiophene rings is 1. The molecule has 3 rings (SSSR count). The lowest BCUT2D eigenvalue weighted by Crippen LogP contribution is -2.11. The zero-order valence-electron chi connectivity index (χ0n) is 7.12. The van der Waals surface area contributed by atoms with E-state index in [9.17, 15) is 0 Å². The molecule has 0 bridgehead atoms. The third kappa shape index (κ3) is 1.16. The molecule has 0 unspecified atom stereocenters. The number of fused-ring (bicyclic) bond motifs is 2. The fraction of sp³-hybridized carbons (Fsp3) is 0.300. The first kappa shape index (κ1) is 7.47. The number of pyridine rings is 1. The fourth-order valence-corrected chi connectivity index (χ4v) is 2.44. The minimum atomic E-state index is 0.730. The van der Waals surface area contributed by atoms with Crippen LogP contribution in [0.5, 0.6) is 0 Å². The lowest BCUT2D eigenvalue weighted by atomic mass is 10.1. The highest BCUT2D eigenvalue weighted by Crippen LogP contribution is 2.24. The molecule has 1 aliphatic rings. The van der Waals surface area contributed by atoms with Crippen LogP contribution in [0.4, 0.5) is 0 Å². The van der Waals surface area contributed by atoms with Crippen molar-refractivity contribution >= 4 is 21.6 Å². The monoisotopic (exact) mass is 191 g/mol. The summed E-state index contributed by atoms with van der Waals surface area (Å²) >= 11 is 1.71. The van der Waals surface area contributed by atoms with Crippen molar-refractivity contribution in [3.05, 3.63) is 28.8 Å². The Morgan fingerprint density at radius 3 is 3.46 bits per heavy atom. The first-order chi connectivity index (χ1) is 6.43. The molecule has 0 saturated carbocycles. The molecule has 3 heteroatoms. The van der Waals surface area contributed by atoms with Gasteiger partial charge in [0, 0.05) is 23.1 Å². The maximum Gasteiger partial charge on any atom is 0.123 e. The highest BCUT2D eigenvalue weighted by Gasteiger charge is 2.11. The highest BCUT2D eigenvalue weighted by molar-refractivity contribution is 7.16. The summed E-state index contributed by atoms with van der Waals surface area (Å²) < 4.78 is 5.38. The Bertz CT molecular complexity index is 409. The molecule has 0 amide bonds. The number of aromatic nitrogens is 1. The molecule has 0 N–H and O–H groups in total. The van der Waals surface area contributed by atoms with E-state index in [0.717, 1.165) is 24.5 Å². The van der Waals surface area contributed by atoms with Gasteiger partial charge in [-0.25, -0.2) is 4.98 Å². The summed E-state index contributed by atoms with van der Waals surface area (Å²) in [5, 5.41) is 3.33. The molecule has 3 heterocycles. The van der Waals surface area contributed by atoms with Crippen molar-refractivity contribution in [3.8, 4) is 0 Å². The molecule has 66 valence electrons. The average molecular weight is 191 g/mol. The maximum atomic E-state index is 5.38. The molecule has 0 atom stereocenters. The van der Waals surface area contributed by atoms with Crippen molar-refractivity contribution in [1.29, 1.82) is 0 Å². The molecule has 2 aromatic rings. The van der Waals surface area contributed by atoms with Gasteiger partial charge in [0.25, 0.3) is 0 Å². The van der Waals surface area contributed by atoms with Crippen LogP contribution in [-0.4, -0.2) is 11.6 Å². The molecule has 0 fully saturated rings. The van der Waals surface area contributed by atoms with E-state index in [0.29, 0.717) is 0 Å². The molecule has 0 spiro atoms. The lowest BCUT2D eigenvalue weighted by molar-refractivity contribution is 0.109. The average Bonchev–Trinajstić information content (AvgIpc) is 2.61. The van der Waals surface area contributed by atoms with Crippen LogP contribution in [0.1, 0.15) is 11.3 Å². The van der Waals surface area contributed by atoms with Crippen LogP contribution in [0.2, 0.25) is 0 Å². The van der Waals surface area contributed by atoms with Crippen molar-refractivity contribution in [2.75, 3.05) is 6.61 Å². The Morgan fingerprint density at radius 1 is 1.46 bits per heavy atom. The number of hydrogen-bond acceptors (Lipinski definition) is 3. The minimum absolute atomic E-state index is 0.730. The van der Waals surface area contributed by atoms with Gasteiger partial charge in [0.05, 0.1) is 13.2 Å². The van der Waals surface area contributed by atoms with Gasteiger partial charge < -0.3 is 4.74 Å². The van der Waals surface area contributed by atoms with Crippen LogP contribution < -0.4 is 0 Å². The van der Waals surface area contributed by atoms with E-state index in [1.807, 2.05) is 0 Å². The summed E-state index contributed by atoms with van der Waals surface area (Å²) in [7, 11) is 0. The van der Waals surface area contributed by atoms with Gasteiger partial charge in [-0.2, -0.15) is 0 Å². The Morgan fingerprint density at radius 2 is 2.46 bits per heavy atom. The molecule has 2 aromatic heterocycles. The van der Waals surface area contributed by atoms with Gasteiger partial charge in [0.1, 0.15) is 4.83 Å². The Labute approximate surface area is 80.2 Å². The van der Waals surface area contributed by atoms with Crippen molar-refractivity contribution in [3.63, 3.8) is 0 Å². The third-order valence-corrected chi connectivity index (χ3v) is 3.17. The van der Waals surface area contributed by atoms with E-state index in [2.05, 4.69) is 22.5 Å². The van der Waals surface area contributed by atoms with Gasteiger partial charge in [-0.05, 0) is 17.5 Å². The smallest absolute Gasteiger partial charge is 0.123 e. The zero-order valence-corrected chi connectivity index (χ0v) is 7.93. The Balaban J connectivity index is 2.28. The van der Waals surface area contributed by atoms with E-state index in [1.54, 1.807) is 11.3 Å². The predicted octanol–water partition coefficient (Wildman–Crippen LogP) is 2.37. The van der Waals surface area contributed by atoms with E-state index < -0.39 is 0 Å². The van der Waals surface area contributed by atoms with E-state index in [-0.39, 0.29) is 0 Å². The Kier molecular flexibility index (Phi) is 1.60. The highest BCUT2D eigenvalue weighted by atomic mass is 32.1. The minimum Gasteiger partial charge on any atom is -0.376 e. The predicted molar refractivity (Wildman–Crippen MR) is 53.0 cm³/mol. The topological polar surface area (TPSA) is 22.1 Å². The summed E-state index contributed by atoms with van der Waals surface area (Å²) in [5.74, 6) is 0. The standard InChI is InChI=1S/C10H9NOS/c1-3-12-6-8-5-7-2-4-13-10(7)11-9(1)8/h2,4-5H,1,3,6H2. The molecule has 0 aromatic carbocycles. The van der Waals surface area contributed by atoms with Gasteiger partial charge in [-0.3, -0.25) is 0 Å². The van der Waals surface area contributed by atoms with Crippen LogP contribution in [0.15, 0.2) is 17.5 Å². The number of hydrogen-bond donors (Lipinski definition) is 0.